The van der Waals surface area contributed by atoms with Gasteiger partial charge in [-0.2, -0.15) is 18.3 Å². The number of rotatable bonds is 4. The van der Waals surface area contributed by atoms with Crippen LogP contribution in [0.25, 0.3) is 22.0 Å². The first-order valence-corrected chi connectivity index (χ1v) is 10.2. The molecule has 1 aliphatic rings. The van der Waals surface area contributed by atoms with E-state index in [1.54, 1.807) is 34.8 Å². The Hall–Kier alpha value is -2.98. The Labute approximate surface area is 183 Å². The molecular weight excluding hydrogens is 423 g/mol. The van der Waals surface area contributed by atoms with Crippen LogP contribution < -0.4 is 5.73 Å². The van der Waals surface area contributed by atoms with Gasteiger partial charge in [-0.3, -0.25) is 14.4 Å². The van der Waals surface area contributed by atoms with Gasteiger partial charge in [-0.15, -0.1) is 0 Å². The number of aryl methyl sites for hydroxylation is 1. The molecule has 1 amide bonds. The highest BCUT2D eigenvalue weighted by Crippen LogP contribution is 2.32. The maximum atomic E-state index is 13.2. The topological polar surface area (TPSA) is 86.3 Å². The van der Waals surface area contributed by atoms with E-state index in [2.05, 4.69) is 10.1 Å². The van der Waals surface area contributed by atoms with Gasteiger partial charge in [-0.25, -0.2) is 4.98 Å². The van der Waals surface area contributed by atoms with Crippen LogP contribution in [0.5, 0.6) is 0 Å². The highest BCUT2D eigenvalue weighted by atomic mass is 19.4. The fourth-order valence-corrected chi connectivity index (χ4v) is 4.09. The van der Waals surface area contributed by atoms with E-state index >= 15 is 0 Å². The lowest BCUT2D eigenvalue weighted by Gasteiger charge is -2.37. The lowest BCUT2D eigenvalue weighted by atomic mass is 9.99. The average molecular weight is 447 g/mol. The zero-order valence-corrected chi connectivity index (χ0v) is 18.0. The second-order valence-corrected chi connectivity index (χ2v) is 8.21. The van der Waals surface area contributed by atoms with Crippen LogP contribution in [0.2, 0.25) is 0 Å². The van der Waals surface area contributed by atoms with Crippen LogP contribution in [0.3, 0.4) is 0 Å². The van der Waals surface area contributed by atoms with Crippen molar-refractivity contribution in [1.29, 1.82) is 0 Å². The molecule has 1 fully saturated rings. The molecular formula is C22H24F3N5O2. The Balaban J connectivity index is 1.71. The van der Waals surface area contributed by atoms with Crippen molar-refractivity contribution in [3.05, 3.63) is 47.4 Å². The number of amides is 1. The van der Waals surface area contributed by atoms with E-state index in [0.717, 1.165) is 27.8 Å². The van der Waals surface area contributed by atoms with Crippen LogP contribution in [-0.2, 0) is 18.3 Å². The van der Waals surface area contributed by atoms with Crippen molar-refractivity contribution in [2.75, 3.05) is 13.1 Å². The van der Waals surface area contributed by atoms with Crippen molar-refractivity contribution in [2.45, 2.75) is 38.8 Å². The molecule has 1 aliphatic heterocycles. The number of hydrogen-bond acceptors (Lipinski definition) is 5. The smallest absolute Gasteiger partial charge is 0.364 e. The second-order valence-electron chi connectivity index (χ2n) is 8.21. The third-order valence-electron chi connectivity index (χ3n) is 5.76. The molecule has 3 aromatic rings. The molecule has 2 unspecified atom stereocenters. The van der Waals surface area contributed by atoms with E-state index < -0.39 is 24.3 Å². The summed E-state index contributed by atoms with van der Waals surface area (Å²) in [7, 11) is 1.83. The monoisotopic (exact) mass is 447 g/mol. The lowest BCUT2D eigenvalue weighted by molar-refractivity contribution is -0.252. The summed E-state index contributed by atoms with van der Waals surface area (Å²) in [5.74, 6) is -0.657. The fourth-order valence-electron chi connectivity index (χ4n) is 4.09. The largest absolute Gasteiger partial charge is 0.415 e. The highest BCUT2D eigenvalue weighted by Gasteiger charge is 2.44. The number of halogens is 3. The van der Waals surface area contributed by atoms with Gasteiger partial charge in [0.15, 0.2) is 6.10 Å². The van der Waals surface area contributed by atoms with Crippen LogP contribution in [-0.4, -0.2) is 57.0 Å². The van der Waals surface area contributed by atoms with E-state index in [-0.39, 0.29) is 12.2 Å². The van der Waals surface area contributed by atoms with Gasteiger partial charge in [0.05, 0.1) is 17.8 Å². The van der Waals surface area contributed by atoms with Crippen molar-refractivity contribution in [3.63, 3.8) is 0 Å². The number of aromatic nitrogens is 3. The molecule has 4 rings (SSSR count). The van der Waals surface area contributed by atoms with E-state index in [9.17, 15) is 18.0 Å². The van der Waals surface area contributed by atoms with E-state index in [0.29, 0.717) is 18.6 Å². The molecule has 0 bridgehead atoms. The van der Waals surface area contributed by atoms with Crippen molar-refractivity contribution in [3.8, 4) is 11.1 Å². The van der Waals surface area contributed by atoms with Gasteiger partial charge in [-0.05, 0) is 37.1 Å². The van der Waals surface area contributed by atoms with Crippen LogP contribution in [0.4, 0.5) is 13.2 Å². The molecule has 3 heterocycles. The van der Waals surface area contributed by atoms with Gasteiger partial charge in [0.1, 0.15) is 5.69 Å². The van der Waals surface area contributed by atoms with Gasteiger partial charge >= 0.3 is 6.18 Å². The molecule has 1 saturated heterocycles. The number of ether oxygens (including phenoxy) is 1. The molecule has 2 N–H and O–H groups in total. The molecule has 2 atom stereocenters. The molecule has 10 heteroatoms. The highest BCUT2D eigenvalue weighted by molar-refractivity contribution is 6.01. The Morgan fingerprint density at radius 3 is 2.62 bits per heavy atom. The van der Waals surface area contributed by atoms with Crippen molar-refractivity contribution in [1.82, 2.24) is 19.7 Å². The first-order valence-electron chi connectivity index (χ1n) is 10.2. The van der Waals surface area contributed by atoms with Crippen LogP contribution in [0.1, 0.15) is 28.7 Å². The summed E-state index contributed by atoms with van der Waals surface area (Å²) < 4.78 is 46.4. The van der Waals surface area contributed by atoms with E-state index in [1.807, 2.05) is 26.1 Å². The first-order chi connectivity index (χ1) is 15.0. The second kappa shape index (κ2) is 8.18. The predicted octanol–water partition coefficient (Wildman–Crippen LogP) is 3.19. The number of hydrogen-bond donors (Lipinski definition) is 1. The molecule has 2 aromatic heterocycles. The zero-order chi connectivity index (χ0) is 23.2. The SMILES string of the molecule is Cc1c(-c2cc(C(N)=O)nc3cc(CN4CC(C)OC(C(F)(F)F)C4)ccc23)cnn1C. The Kier molecular flexibility index (Phi) is 5.68. The molecule has 0 aliphatic carbocycles. The summed E-state index contributed by atoms with van der Waals surface area (Å²) in [6.07, 6.45) is -5.04. The molecule has 0 spiro atoms. The number of fused-ring (bicyclic) bond motifs is 1. The summed E-state index contributed by atoms with van der Waals surface area (Å²) in [5, 5.41) is 5.08. The van der Waals surface area contributed by atoms with E-state index in [4.69, 9.17) is 10.5 Å². The molecule has 7 nitrogen and oxygen atoms in total. The number of benzene rings is 1. The van der Waals surface area contributed by atoms with Gasteiger partial charge in [0, 0.05) is 43.3 Å². The first kappa shape index (κ1) is 22.2. The quantitative estimate of drug-likeness (QED) is 0.664. The number of nitrogens with two attached hydrogens (primary N) is 1. The van der Waals surface area contributed by atoms with Crippen molar-refractivity contribution in [2.24, 2.45) is 12.8 Å². The molecule has 0 radical (unpaired) electrons. The zero-order valence-electron chi connectivity index (χ0n) is 18.0. The maximum absolute atomic E-state index is 13.2. The Bertz CT molecular complexity index is 1170. The summed E-state index contributed by atoms with van der Waals surface area (Å²) in [4.78, 5) is 18.0. The summed E-state index contributed by atoms with van der Waals surface area (Å²) >= 11 is 0. The summed E-state index contributed by atoms with van der Waals surface area (Å²) in [6.45, 7) is 4.01. The summed E-state index contributed by atoms with van der Waals surface area (Å²) in [6, 6.07) is 7.17. The van der Waals surface area contributed by atoms with Crippen molar-refractivity contribution < 1.29 is 22.7 Å². The third-order valence-corrected chi connectivity index (χ3v) is 5.76. The normalized spacial score (nSPS) is 20.1. The van der Waals surface area contributed by atoms with Crippen molar-refractivity contribution >= 4 is 16.8 Å². The minimum absolute atomic E-state index is 0.116. The number of carbonyl (C=O) groups is 1. The molecule has 32 heavy (non-hydrogen) atoms. The number of pyridine rings is 1. The fraction of sp³-hybridized carbons (Fsp3) is 0.409. The lowest BCUT2D eigenvalue weighted by Crippen LogP contribution is -2.51. The number of morpholine rings is 1. The number of alkyl halides is 3. The number of carbonyl (C=O) groups excluding carboxylic acids is 1. The molecule has 1 aromatic carbocycles. The minimum Gasteiger partial charge on any atom is -0.364 e. The van der Waals surface area contributed by atoms with Crippen LogP contribution in [0, 0.1) is 6.92 Å². The molecule has 170 valence electrons. The standard InChI is InChI=1S/C22H24F3N5O2/c1-12-9-30(11-20(32-12)22(23,24)25)10-14-4-5-15-16(17-8-27-29(3)13(17)2)7-19(21(26)31)28-18(15)6-14/h4-8,12,20H,9-11H2,1-3H3,(H2,26,31). The van der Waals surface area contributed by atoms with Gasteiger partial charge < -0.3 is 10.5 Å². The molecule has 0 saturated carbocycles. The summed E-state index contributed by atoms with van der Waals surface area (Å²) in [5.41, 5.74) is 9.50. The van der Waals surface area contributed by atoms with E-state index in [1.165, 1.54) is 0 Å². The minimum atomic E-state index is -4.41. The predicted molar refractivity (Wildman–Crippen MR) is 113 cm³/mol. The van der Waals surface area contributed by atoms with Gasteiger partial charge in [-0.1, -0.05) is 12.1 Å². The van der Waals surface area contributed by atoms with Crippen LogP contribution >= 0.6 is 0 Å². The van der Waals surface area contributed by atoms with Gasteiger partial charge in [0.25, 0.3) is 5.91 Å². The number of primary amides is 1. The number of nitrogens with zero attached hydrogens (tertiary/aromatic N) is 4. The van der Waals surface area contributed by atoms with Gasteiger partial charge in [0.2, 0.25) is 0 Å². The Morgan fingerprint density at radius 2 is 2.00 bits per heavy atom. The average Bonchev–Trinajstić information content (AvgIpc) is 3.04. The maximum Gasteiger partial charge on any atom is 0.415 e. The van der Waals surface area contributed by atoms with Crippen LogP contribution in [0.15, 0.2) is 30.5 Å². The third kappa shape index (κ3) is 4.33. The Morgan fingerprint density at radius 1 is 1.25 bits per heavy atom.